The van der Waals surface area contributed by atoms with Crippen LogP contribution >= 0.6 is 0 Å². The number of amides is 1. The molecule has 2 aromatic rings. The van der Waals surface area contributed by atoms with Crippen molar-refractivity contribution < 1.29 is 4.79 Å². The molecule has 1 aliphatic rings. The number of imidazole rings is 1. The highest BCUT2D eigenvalue weighted by molar-refractivity contribution is 5.94. The van der Waals surface area contributed by atoms with Crippen LogP contribution in [0.1, 0.15) is 30.1 Å². The van der Waals surface area contributed by atoms with E-state index in [0.29, 0.717) is 0 Å². The zero-order chi connectivity index (χ0) is 13.9. The summed E-state index contributed by atoms with van der Waals surface area (Å²) in [5, 5.41) is 0. The van der Waals surface area contributed by atoms with Crippen LogP contribution in [0.5, 0.6) is 0 Å². The van der Waals surface area contributed by atoms with Crippen molar-refractivity contribution in [3.05, 3.63) is 42.2 Å². The highest BCUT2D eigenvalue weighted by atomic mass is 16.2. The van der Waals surface area contributed by atoms with E-state index in [1.54, 1.807) is 12.4 Å². The molecule has 1 fully saturated rings. The molecule has 1 N–H and O–H groups in total. The average Bonchev–Trinajstić information content (AvgIpc) is 3.02. The Morgan fingerprint density at radius 3 is 2.55 bits per heavy atom. The molecule has 0 aliphatic carbocycles. The summed E-state index contributed by atoms with van der Waals surface area (Å²) in [7, 11) is 0. The lowest BCUT2D eigenvalue weighted by atomic mass is 9.98. The number of carbonyl (C=O) groups is 1. The van der Waals surface area contributed by atoms with Crippen LogP contribution in [0.4, 0.5) is 0 Å². The van der Waals surface area contributed by atoms with Gasteiger partial charge in [0.05, 0.1) is 0 Å². The molecule has 0 radical (unpaired) electrons. The molecule has 1 saturated heterocycles. The summed E-state index contributed by atoms with van der Waals surface area (Å²) in [6, 6.07) is 7.66. The van der Waals surface area contributed by atoms with Crippen molar-refractivity contribution in [2.45, 2.75) is 19.8 Å². The molecule has 0 spiro atoms. The van der Waals surface area contributed by atoms with Gasteiger partial charge in [-0.2, -0.15) is 0 Å². The zero-order valence-corrected chi connectivity index (χ0v) is 11.7. The number of rotatable bonds is 2. The van der Waals surface area contributed by atoms with E-state index in [-0.39, 0.29) is 5.91 Å². The SMILES string of the molecule is CC1CCN(C(=O)c2ccc(-c3ncc[nH]3)cc2)CC1. The molecule has 0 atom stereocenters. The lowest BCUT2D eigenvalue weighted by molar-refractivity contribution is 0.0697. The highest BCUT2D eigenvalue weighted by Gasteiger charge is 2.21. The predicted octanol–water partition coefficient (Wildman–Crippen LogP) is 2.95. The van der Waals surface area contributed by atoms with Gasteiger partial charge in [-0.1, -0.05) is 19.1 Å². The zero-order valence-electron chi connectivity index (χ0n) is 11.7. The van der Waals surface area contributed by atoms with Crippen LogP contribution in [0.2, 0.25) is 0 Å². The molecule has 0 unspecified atom stereocenters. The number of nitrogens with zero attached hydrogens (tertiary/aromatic N) is 2. The van der Waals surface area contributed by atoms with Gasteiger partial charge in [-0.05, 0) is 30.9 Å². The Morgan fingerprint density at radius 2 is 1.95 bits per heavy atom. The van der Waals surface area contributed by atoms with Crippen molar-refractivity contribution in [1.82, 2.24) is 14.9 Å². The van der Waals surface area contributed by atoms with Gasteiger partial charge in [0, 0.05) is 36.6 Å². The predicted molar refractivity (Wildman–Crippen MR) is 78.3 cm³/mol. The summed E-state index contributed by atoms with van der Waals surface area (Å²) in [5.74, 6) is 1.71. The van der Waals surface area contributed by atoms with E-state index in [0.717, 1.165) is 48.8 Å². The third-order valence-corrected chi connectivity index (χ3v) is 3.97. The maximum absolute atomic E-state index is 12.4. The minimum absolute atomic E-state index is 0.142. The highest BCUT2D eigenvalue weighted by Crippen LogP contribution is 2.20. The first-order chi connectivity index (χ1) is 9.74. The van der Waals surface area contributed by atoms with Crippen molar-refractivity contribution in [2.75, 3.05) is 13.1 Å². The molecule has 4 nitrogen and oxygen atoms in total. The Kier molecular flexibility index (Phi) is 3.54. The first kappa shape index (κ1) is 12.9. The van der Waals surface area contributed by atoms with E-state index in [4.69, 9.17) is 0 Å². The molecule has 104 valence electrons. The first-order valence-electron chi connectivity index (χ1n) is 7.13. The monoisotopic (exact) mass is 269 g/mol. The summed E-state index contributed by atoms with van der Waals surface area (Å²) in [6.07, 6.45) is 5.74. The second-order valence-electron chi connectivity index (χ2n) is 5.49. The molecule has 20 heavy (non-hydrogen) atoms. The number of nitrogens with one attached hydrogen (secondary N) is 1. The average molecular weight is 269 g/mol. The van der Waals surface area contributed by atoms with Crippen molar-refractivity contribution in [3.8, 4) is 11.4 Å². The van der Waals surface area contributed by atoms with Gasteiger partial charge in [0.1, 0.15) is 5.82 Å². The molecular formula is C16H19N3O. The van der Waals surface area contributed by atoms with Gasteiger partial charge in [-0.25, -0.2) is 4.98 Å². The Bertz CT molecular complexity index is 566. The van der Waals surface area contributed by atoms with Gasteiger partial charge in [0.2, 0.25) is 0 Å². The van der Waals surface area contributed by atoms with E-state index >= 15 is 0 Å². The standard InChI is InChI=1S/C16H19N3O/c1-12-6-10-19(11-7-12)16(20)14-4-2-13(3-5-14)15-17-8-9-18-15/h2-5,8-9,12H,6-7,10-11H2,1H3,(H,17,18). The third kappa shape index (κ3) is 2.59. The van der Waals surface area contributed by atoms with E-state index in [1.165, 1.54) is 0 Å². The second kappa shape index (κ2) is 5.49. The molecule has 4 heteroatoms. The normalized spacial score (nSPS) is 16.4. The molecule has 0 saturated carbocycles. The molecule has 1 aromatic heterocycles. The molecule has 1 aliphatic heterocycles. The maximum atomic E-state index is 12.4. The number of likely N-dealkylation sites (tertiary alicyclic amines) is 1. The number of carbonyl (C=O) groups excluding carboxylic acids is 1. The number of hydrogen-bond donors (Lipinski definition) is 1. The summed E-state index contributed by atoms with van der Waals surface area (Å²) in [4.78, 5) is 21.6. The Labute approximate surface area is 118 Å². The lowest BCUT2D eigenvalue weighted by Gasteiger charge is -2.30. The third-order valence-electron chi connectivity index (χ3n) is 3.97. The van der Waals surface area contributed by atoms with Crippen LogP contribution in [-0.4, -0.2) is 33.9 Å². The Hall–Kier alpha value is -2.10. The summed E-state index contributed by atoms with van der Waals surface area (Å²) in [6.45, 7) is 4.00. The fourth-order valence-electron chi connectivity index (χ4n) is 2.59. The van der Waals surface area contributed by atoms with Crippen LogP contribution in [0.25, 0.3) is 11.4 Å². The van der Waals surface area contributed by atoms with Crippen LogP contribution in [0, 0.1) is 5.92 Å². The minimum atomic E-state index is 0.142. The Morgan fingerprint density at radius 1 is 1.25 bits per heavy atom. The molecule has 1 aromatic carbocycles. The maximum Gasteiger partial charge on any atom is 0.253 e. The van der Waals surface area contributed by atoms with Gasteiger partial charge in [-0.3, -0.25) is 4.79 Å². The van der Waals surface area contributed by atoms with Gasteiger partial charge in [0.25, 0.3) is 5.91 Å². The van der Waals surface area contributed by atoms with Crippen molar-refractivity contribution >= 4 is 5.91 Å². The minimum Gasteiger partial charge on any atom is -0.345 e. The van der Waals surface area contributed by atoms with E-state index < -0.39 is 0 Å². The molecular weight excluding hydrogens is 250 g/mol. The van der Waals surface area contributed by atoms with Crippen LogP contribution < -0.4 is 0 Å². The van der Waals surface area contributed by atoms with Crippen molar-refractivity contribution in [3.63, 3.8) is 0 Å². The number of aromatic amines is 1. The summed E-state index contributed by atoms with van der Waals surface area (Å²) >= 11 is 0. The molecule has 2 heterocycles. The topological polar surface area (TPSA) is 49.0 Å². The number of H-pyrrole nitrogens is 1. The molecule has 1 amide bonds. The fraction of sp³-hybridized carbons (Fsp3) is 0.375. The second-order valence-corrected chi connectivity index (χ2v) is 5.49. The van der Waals surface area contributed by atoms with Gasteiger partial charge >= 0.3 is 0 Å². The lowest BCUT2D eigenvalue weighted by Crippen LogP contribution is -2.37. The van der Waals surface area contributed by atoms with Crippen LogP contribution in [-0.2, 0) is 0 Å². The Balaban J connectivity index is 1.73. The fourth-order valence-corrected chi connectivity index (χ4v) is 2.59. The number of benzene rings is 1. The van der Waals surface area contributed by atoms with Crippen LogP contribution in [0.15, 0.2) is 36.7 Å². The summed E-state index contributed by atoms with van der Waals surface area (Å²) < 4.78 is 0. The summed E-state index contributed by atoms with van der Waals surface area (Å²) in [5.41, 5.74) is 1.76. The van der Waals surface area contributed by atoms with E-state index in [9.17, 15) is 4.79 Å². The van der Waals surface area contributed by atoms with E-state index in [1.807, 2.05) is 29.2 Å². The first-order valence-corrected chi connectivity index (χ1v) is 7.13. The smallest absolute Gasteiger partial charge is 0.253 e. The van der Waals surface area contributed by atoms with Gasteiger partial charge in [-0.15, -0.1) is 0 Å². The number of aromatic nitrogens is 2. The van der Waals surface area contributed by atoms with Crippen molar-refractivity contribution in [2.24, 2.45) is 5.92 Å². The largest absolute Gasteiger partial charge is 0.345 e. The molecule has 3 rings (SSSR count). The van der Waals surface area contributed by atoms with Gasteiger partial charge < -0.3 is 9.88 Å². The number of hydrogen-bond acceptors (Lipinski definition) is 2. The molecule has 0 bridgehead atoms. The van der Waals surface area contributed by atoms with Crippen molar-refractivity contribution in [1.29, 1.82) is 0 Å². The van der Waals surface area contributed by atoms with Crippen LogP contribution in [0.3, 0.4) is 0 Å². The van der Waals surface area contributed by atoms with E-state index in [2.05, 4.69) is 16.9 Å². The quantitative estimate of drug-likeness (QED) is 0.911. The number of piperidine rings is 1. The van der Waals surface area contributed by atoms with Gasteiger partial charge in [0.15, 0.2) is 0 Å².